The van der Waals surface area contributed by atoms with Crippen LogP contribution in [0.4, 0.5) is 5.13 Å². The molecule has 0 spiro atoms. The molecular formula is C12H21N3S. The number of rotatable bonds is 5. The highest BCUT2D eigenvalue weighted by Gasteiger charge is 2.24. The topological polar surface area (TPSA) is 42.2 Å². The number of anilines is 1. The molecule has 1 saturated carbocycles. The number of thiazole rings is 1. The smallest absolute Gasteiger partial charge is 0.185 e. The zero-order chi connectivity index (χ0) is 11.5. The summed E-state index contributed by atoms with van der Waals surface area (Å²) >= 11 is 1.77. The predicted octanol–water partition coefficient (Wildman–Crippen LogP) is 2.54. The summed E-state index contributed by atoms with van der Waals surface area (Å²) in [5.41, 5.74) is 6.99. The fourth-order valence-electron chi connectivity index (χ4n) is 2.04. The third-order valence-electron chi connectivity index (χ3n) is 3.36. The van der Waals surface area contributed by atoms with Gasteiger partial charge in [-0.1, -0.05) is 13.3 Å². The van der Waals surface area contributed by atoms with Gasteiger partial charge in [-0.3, -0.25) is 0 Å². The van der Waals surface area contributed by atoms with E-state index in [0.717, 1.165) is 18.0 Å². The lowest BCUT2D eigenvalue weighted by molar-refractivity contribution is 0.401. The van der Waals surface area contributed by atoms with Crippen LogP contribution < -0.4 is 10.6 Å². The van der Waals surface area contributed by atoms with Crippen molar-refractivity contribution in [2.24, 2.45) is 5.73 Å². The lowest BCUT2D eigenvalue weighted by atomic mass is 9.92. The van der Waals surface area contributed by atoms with E-state index in [4.69, 9.17) is 10.7 Å². The number of hydrogen-bond donors (Lipinski definition) is 1. The molecule has 1 fully saturated rings. The SMILES string of the molecule is CCCc1nc(N(C)C2CCC2)sc1CN. The largest absolute Gasteiger partial charge is 0.348 e. The minimum absolute atomic E-state index is 0.630. The van der Waals surface area contributed by atoms with Crippen molar-refractivity contribution >= 4 is 16.5 Å². The average molecular weight is 239 g/mol. The zero-order valence-corrected chi connectivity index (χ0v) is 11.0. The first-order valence-electron chi connectivity index (χ1n) is 6.17. The Labute approximate surface area is 102 Å². The van der Waals surface area contributed by atoms with E-state index in [9.17, 15) is 0 Å². The number of aromatic nitrogens is 1. The summed E-state index contributed by atoms with van der Waals surface area (Å²) in [6, 6.07) is 0.714. The number of aryl methyl sites for hydroxylation is 1. The Morgan fingerprint density at radius 1 is 1.50 bits per heavy atom. The van der Waals surface area contributed by atoms with Crippen molar-refractivity contribution in [3.05, 3.63) is 10.6 Å². The first-order valence-corrected chi connectivity index (χ1v) is 6.99. The lowest BCUT2D eigenvalue weighted by Crippen LogP contribution is -2.37. The summed E-state index contributed by atoms with van der Waals surface area (Å²) in [4.78, 5) is 8.34. The molecule has 0 bridgehead atoms. The number of nitrogens with zero attached hydrogens (tertiary/aromatic N) is 2. The second-order valence-electron chi connectivity index (χ2n) is 4.52. The summed E-state index contributed by atoms with van der Waals surface area (Å²) < 4.78 is 0. The molecule has 0 amide bonds. The van der Waals surface area contributed by atoms with Crippen LogP contribution in [0.5, 0.6) is 0 Å². The summed E-state index contributed by atoms with van der Waals surface area (Å²) in [6.45, 7) is 2.82. The van der Waals surface area contributed by atoms with Gasteiger partial charge in [0.2, 0.25) is 0 Å². The zero-order valence-electron chi connectivity index (χ0n) is 10.2. The Kier molecular flexibility index (Phi) is 3.82. The van der Waals surface area contributed by atoms with Gasteiger partial charge in [-0.2, -0.15) is 0 Å². The van der Waals surface area contributed by atoms with Crippen molar-refractivity contribution in [1.29, 1.82) is 0 Å². The van der Waals surface area contributed by atoms with Crippen LogP contribution in [0, 0.1) is 0 Å². The van der Waals surface area contributed by atoms with Gasteiger partial charge in [0.1, 0.15) is 0 Å². The van der Waals surface area contributed by atoms with E-state index in [1.54, 1.807) is 11.3 Å². The van der Waals surface area contributed by atoms with E-state index in [-0.39, 0.29) is 0 Å². The van der Waals surface area contributed by atoms with Gasteiger partial charge in [-0.25, -0.2) is 4.98 Å². The molecule has 3 nitrogen and oxygen atoms in total. The Hall–Kier alpha value is -0.610. The summed E-state index contributed by atoms with van der Waals surface area (Å²) in [6.07, 6.45) is 6.20. The van der Waals surface area contributed by atoms with Gasteiger partial charge in [0, 0.05) is 24.5 Å². The van der Waals surface area contributed by atoms with Crippen molar-refractivity contribution in [2.75, 3.05) is 11.9 Å². The Morgan fingerprint density at radius 2 is 2.25 bits per heavy atom. The fourth-order valence-corrected chi connectivity index (χ4v) is 3.06. The van der Waals surface area contributed by atoms with Crippen LogP contribution in [0.25, 0.3) is 0 Å². The molecule has 16 heavy (non-hydrogen) atoms. The van der Waals surface area contributed by atoms with Gasteiger partial charge >= 0.3 is 0 Å². The highest BCUT2D eigenvalue weighted by molar-refractivity contribution is 7.15. The van der Waals surface area contributed by atoms with E-state index in [2.05, 4.69) is 18.9 Å². The molecule has 0 aliphatic heterocycles. The van der Waals surface area contributed by atoms with Crippen LogP contribution in [0.2, 0.25) is 0 Å². The van der Waals surface area contributed by atoms with Gasteiger partial charge in [0.25, 0.3) is 0 Å². The van der Waals surface area contributed by atoms with Crippen LogP contribution in [0.3, 0.4) is 0 Å². The molecule has 0 saturated heterocycles. The van der Waals surface area contributed by atoms with Gasteiger partial charge in [-0.05, 0) is 25.7 Å². The van der Waals surface area contributed by atoms with Crippen LogP contribution in [0.1, 0.15) is 43.2 Å². The third-order valence-corrected chi connectivity index (χ3v) is 4.57. The highest BCUT2D eigenvalue weighted by atomic mass is 32.1. The Balaban J connectivity index is 2.13. The monoisotopic (exact) mass is 239 g/mol. The van der Waals surface area contributed by atoms with E-state index in [1.807, 2.05) is 0 Å². The second-order valence-corrected chi connectivity index (χ2v) is 5.58. The third kappa shape index (κ3) is 2.23. The molecule has 1 aliphatic carbocycles. The average Bonchev–Trinajstić information content (AvgIpc) is 2.59. The fraction of sp³-hybridized carbons (Fsp3) is 0.750. The molecule has 1 aromatic heterocycles. The van der Waals surface area contributed by atoms with E-state index >= 15 is 0 Å². The Bertz CT molecular complexity index is 344. The maximum Gasteiger partial charge on any atom is 0.185 e. The van der Waals surface area contributed by atoms with Crippen LogP contribution >= 0.6 is 11.3 Å². The number of nitrogens with two attached hydrogens (primary N) is 1. The maximum absolute atomic E-state index is 5.77. The highest BCUT2D eigenvalue weighted by Crippen LogP contribution is 2.32. The summed E-state index contributed by atoms with van der Waals surface area (Å²) in [7, 11) is 2.17. The van der Waals surface area contributed by atoms with Crippen molar-refractivity contribution in [1.82, 2.24) is 4.98 Å². The van der Waals surface area contributed by atoms with Crippen LogP contribution in [-0.4, -0.2) is 18.1 Å². The normalized spacial score (nSPS) is 16.2. The minimum atomic E-state index is 0.630. The molecule has 1 heterocycles. The maximum atomic E-state index is 5.77. The molecule has 2 N–H and O–H groups in total. The molecule has 0 atom stereocenters. The predicted molar refractivity (Wildman–Crippen MR) is 70.0 cm³/mol. The van der Waals surface area contributed by atoms with Crippen molar-refractivity contribution in [2.45, 2.75) is 51.6 Å². The van der Waals surface area contributed by atoms with Crippen molar-refractivity contribution < 1.29 is 0 Å². The molecule has 0 unspecified atom stereocenters. The second kappa shape index (κ2) is 5.15. The first kappa shape index (κ1) is 11.9. The molecule has 0 aromatic carbocycles. The molecule has 4 heteroatoms. The van der Waals surface area contributed by atoms with Gasteiger partial charge < -0.3 is 10.6 Å². The van der Waals surface area contributed by atoms with Crippen LogP contribution in [0.15, 0.2) is 0 Å². The van der Waals surface area contributed by atoms with Crippen LogP contribution in [-0.2, 0) is 13.0 Å². The number of hydrogen-bond acceptors (Lipinski definition) is 4. The van der Waals surface area contributed by atoms with Gasteiger partial charge in [0.05, 0.1) is 5.69 Å². The quantitative estimate of drug-likeness (QED) is 0.858. The van der Waals surface area contributed by atoms with Crippen molar-refractivity contribution in [3.63, 3.8) is 0 Å². The minimum Gasteiger partial charge on any atom is -0.348 e. The molecule has 2 rings (SSSR count). The Morgan fingerprint density at radius 3 is 2.75 bits per heavy atom. The van der Waals surface area contributed by atoms with E-state index in [0.29, 0.717) is 12.6 Å². The molecular weight excluding hydrogens is 218 g/mol. The first-order chi connectivity index (χ1) is 7.76. The molecule has 0 radical (unpaired) electrons. The summed E-state index contributed by atoms with van der Waals surface area (Å²) in [5.74, 6) is 0. The van der Waals surface area contributed by atoms with Gasteiger partial charge in [-0.15, -0.1) is 11.3 Å². The van der Waals surface area contributed by atoms with Gasteiger partial charge in [0.15, 0.2) is 5.13 Å². The van der Waals surface area contributed by atoms with Crippen molar-refractivity contribution in [3.8, 4) is 0 Å². The molecule has 1 aliphatic rings. The molecule has 90 valence electrons. The lowest BCUT2D eigenvalue weighted by Gasteiger charge is -2.34. The summed E-state index contributed by atoms with van der Waals surface area (Å²) in [5, 5.41) is 1.16. The standard InChI is InChI=1S/C12H21N3S/c1-3-5-10-11(8-13)16-12(14-10)15(2)9-6-4-7-9/h9H,3-8,13H2,1-2H3. The van der Waals surface area contributed by atoms with E-state index < -0.39 is 0 Å². The molecule has 1 aromatic rings. The van der Waals surface area contributed by atoms with E-state index in [1.165, 1.54) is 29.8 Å².